The van der Waals surface area contributed by atoms with Crippen LogP contribution in [0.2, 0.25) is 0 Å². The number of hydrazone groups is 1. The van der Waals surface area contributed by atoms with E-state index in [0.717, 1.165) is 24.0 Å². The first-order chi connectivity index (χ1) is 16.5. The number of carbonyl (C=O) groups excluding carboxylic acids is 1. The maximum atomic E-state index is 12.4. The molecular formula is C24H20I2N2O6. The number of fused-ring (bicyclic) bond motifs is 1. The van der Waals surface area contributed by atoms with E-state index >= 15 is 0 Å². The topological polar surface area (TPSA) is 87.6 Å². The Morgan fingerprint density at radius 3 is 2.59 bits per heavy atom. The smallest absolute Gasteiger partial charge is 0.271 e. The minimum Gasteiger partial charge on any atom is -0.496 e. The lowest BCUT2D eigenvalue weighted by atomic mass is 10.2. The van der Waals surface area contributed by atoms with Crippen molar-refractivity contribution in [3.63, 3.8) is 0 Å². The van der Waals surface area contributed by atoms with Crippen LogP contribution in [-0.4, -0.2) is 33.1 Å². The van der Waals surface area contributed by atoms with E-state index in [1.165, 1.54) is 0 Å². The van der Waals surface area contributed by atoms with E-state index in [1.807, 2.05) is 30.3 Å². The Morgan fingerprint density at radius 1 is 1.00 bits per heavy atom. The van der Waals surface area contributed by atoms with Gasteiger partial charge in [0.15, 0.2) is 23.0 Å². The van der Waals surface area contributed by atoms with Crippen LogP contribution in [0.15, 0.2) is 53.6 Å². The molecule has 0 atom stereocenters. The SMILES string of the molecule is COc1cc(C(=O)N/N=C\c2cc(I)c(OCc3ccc4c(c3)OCO4)c(OC)c2)ccc1I. The van der Waals surface area contributed by atoms with Crippen LogP contribution in [0.4, 0.5) is 0 Å². The van der Waals surface area contributed by atoms with Gasteiger partial charge in [-0.3, -0.25) is 4.79 Å². The summed E-state index contributed by atoms with van der Waals surface area (Å²) in [6, 6.07) is 14.6. The average Bonchev–Trinajstić information content (AvgIpc) is 3.31. The molecule has 4 rings (SSSR count). The van der Waals surface area contributed by atoms with Crippen molar-refractivity contribution in [3.8, 4) is 28.7 Å². The number of nitrogens with one attached hydrogen (secondary N) is 1. The van der Waals surface area contributed by atoms with E-state index in [9.17, 15) is 4.79 Å². The van der Waals surface area contributed by atoms with Crippen molar-refractivity contribution in [1.82, 2.24) is 5.43 Å². The minimum absolute atomic E-state index is 0.230. The van der Waals surface area contributed by atoms with Crippen LogP contribution >= 0.6 is 45.2 Å². The highest BCUT2D eigenvalue weighted by Gasteiger charge is 2.15. The van der Waals surface area contributed by atoms with Gasteiger partial charge in [-0.2, -0.15) is 5.10 Å². The van der Waals surface area contributed by atoms with E-state index in [4.69, 9.17) is 23.7 Å². The largest absolute Gasteiger partial charge is 0.496 e. The number of carbonyl (C=O) groups is 1. The van der Waals surface area contributed by atoms with Gasteiger partial charge in [-0.25, -0.2) is 5.43 Å². The first-order valence-corrected chi connectivity index (χ1v) is 12.2. The first-order valence-electron chi connectivity index (χ1n) is 10.0. The van der Waals surface area contributed by atoms with Crippen LogP contribution in [0.5, 0.6) is 28.7 Å². The lowest BCUT2D eigenvalue weighted by Crippen LogP contribution is -2.17. The number of benzene rings is 3. The first kappa shape index (κ1) is 24.4. The molecule has 0 saturated carbocycles. The summed E-state index contributed by atoms with van der Waals surface area (Å²) in [5.41, 5.74) is 4.68. The van der Waals surface area contributed by atoms with E-state index < -0.39 is 0 Å². The second-order valence-corrected chi connectivity index (χ2v) is 9.38. The molecule has 176 valence electrons. The van der Waals surface area contributed by atoms with E-state index in [2.05, 4.69) is 55.7 Å². The molecule has 1 aliphatic heterocycles. The number of nitrogens with zero attached hydrogens (tertiary/aromatic N) is 1. The third kappa shape index (κ3) is 5.66. The Morgan fingerprint density at radius 2 is 1.79 bits per heavy atom. The van der Waals surface area contributed by atoms with Crippen LogP contribution in [0.1, 0.15) is 21.5 Å². The molecule has 10 heteroatoms. The normalized spacial score (nSPS) is 12.0. The van der Waals surface area contributed by atoms with E-state index in [-0.39, 0.29) is 12.7 Å². The highest BCUT2D eigenvalue weighted by atomic mass is 127. The fraction of sp³-hybridized carbons (Fsp3) is 0.167. The molecule has 3 aromatic rings. The van der Waals surface area contributed by atoms with Crippen molar-refractivity contribution in [2.75, 3.05) is 21.0 Å². The molecule has 0 aliphatic carbocycles. The highest BCUT2D eigenvalue weighted by molar-refractivity contribution is 14.1. The molecule has 1 N–H and O–H groups in total. The molecule has 0 aromatic heterocycles. The van der Waals surface area contributed by atoms with Crippen molar-refractivity contribution in [3.05, 3.63) is 72.4 Å². The molecular weight excluding hydrogens is 666 g/mol. The summed E-state index contributed by atoms with van der Waals surface area (Å²) in [6.07, 6.45) is 1.55. The number of ether oxygens (including phenoxy) is 5. The number of methoxy groups -OCH3 is 2. The molecule has 0 fully saturated rings. The van der Waals surface area contributed by atoms with Gasteiger partial charge in [0.1, 0.15) is 12.4 Å². The molecule has 3 aromatic carbocycles. The Labute approximate surface area is 223 Å². The van der Waals surface area contributed by atoms with Crippen molar-refractivity contribution in [2.45, 2.75) is 6.61 Å². The monoisotopic (exact) mass is 686 g/mol. The van der Waals surface area contributed by atoms with Crippen LogP contribution in [0.3, 0.4) is 0 Å². The summed E-state index contributed by atoms with van der Waals surface area (Å²) in [4.78, 5) is 12.4. The fourth-order valence-electron chi connectivity index (χ4n) is 3.17. The standard InChI is InChI=1S/C24H20I2N2O6/c1-30-20-10-16(4-5-17(20)25)24(29)28-27-11-15-7-18(26)23(22(9-15)31-2)32-12-14-3-6-19-21(8-14)34-13-33-19/h3-11H,12-13H2,1-2H3,(H,28,29)/b27-11-. The fourth-order valence-corrected chi connectivity index (χ4v) is 4.51. The van der Waals surface area contributed by atoms with Gasteiger partial charge < -0.3 is 23.7 Å². The molecule has 34 heavy (non-hydrogen) atoms. The maximum absolute atomic E-state index is 12.4. The zero-order valence-electron chi connectivity index (χ0n) is 18.3. The maximum Gasteiger partial charge on any atom is 0.271 e. The summed E-state index contributed by atoms with van der Waals surface area (Å²) in [5, 5.41) is 4.08. The van der Waals surface area contributed by atoms with E-state index in [1.54, 1.807) is 38.6 Å². The average molecular weight is 686 g/mol. The number of rotatable bonds is 8. The molecule has 8 nitrogen and oxygen atoms in total. The molecule has 1 aliphatic rings. The summed E-state index contributed by atoms with van der Waals surface area (Å²) in [5.74, 6) is 2.91. The van der Waals surface area contributed by atoms with Gasteiger partial charge in [-0.15, -0.1) is 0 Å². The number of halogens is 2. The predicted octanol–water partition coefficient (Wildman–Crippen LogP) is 4.98. The predicted molar refractivity (Wildman–Crippen MR) is 143 cm³/mol. The molecule has 1 heterocycles. The van der Waals surface area contributed by atoms with Gasteiger partial charge in [0, 0.05) is 5.56 Å². The summed E-state index contributed by atoms with van der Waals surface area (Å²) >= 11 is 4.32. The summed E-state index contributed by atoms with van der Waals surface area (Å²) < 4.78 is 29.3. The highest BCUT2D eigenvalue weighted by Crippen LogP contribution is 2.36. The van der Waals surface area contributed by atoms with Gasteiger partial charge in [0.05, 0.1) is 27.6 Å². The number of amides is 1. The van der Waals surface area contributed by atoms with Gasteiger partial charge in [-0.05, 0) is 98.8 Å². The molecule has 0 saturated heterocycles. The summed E-state index contributed by atoms with van der Waals surface area (Å²) in [7, 11) is 3.14. The van der Waals surface area contributed by atoms with Gasteiger partial charge >= 0.3 is 0 Å². The minimum atomic E-state index is -0.337. The second kappa shape index (κ2) is 11.1. The summed E-state index contributed by atoms with van der Waals surface area (Å²) in [6.45, 7) is 0.569. The molecule has 0 unspecified atom stereocenters. The van der Waals surface area contributed by atoms with Crippen molar-refractivity contribution in [2.24, 2.45) is 5.10 Å². The Kier molecular flexibility index (Phi) is 7.98. The second-order valence-electron chi connectivity index (χ2n) is 7.06. The zero-order valence-corrected chi connectivity index (χ0v) is 22.6. The molecule has 0 radical (unpaired) electrons. The Hall–Kier alpha value is -2.74. The third-order valence-electron chi connectivity index (χ3n) is 4.86. The third-order valence-corrected chi connectivity index (χ3v) is 6.56. The Bertz CT molecular complexity index is 1250. The van der Waals surface area contributed by atoms with E-state index in [0.29, 0.717) is 35.2 Å². The van der Waals surface area contributed by atoms with Crippen LogP contribution < -0.4 is 29.1 Å². The Balaban J connectivity index is 1.42. The number of hydrogen-bond donors (Lipinski definition) is 1. The lowest BCUT2D eigenvalue weighted by molar-refractivity contribution is 0.0954. The van der Waals surface area contributed by atoms with Gasteiger partial charge in [0.2, 0.25) is 6.79 Å². The van der Waals surface area contributed by atoms with Crippen LogP contribution in [0.25, 0.3) is 0 Å². The van der Waals surface area contributed by atoms with Gasteiger partial charge in [0.25, 0.3) is 5.91 Å². The van der Waals surface area contributed by atoms with Crippen LogP contribution in [0, 0.1) is 7.14 Å². The lowest BCUT2D eigenvalue weighted by Gasteiger charge is -2.14. The van der Waals surface area contributed by atoms with Crippen molar-refractivity contribution in [1.29, 1.82) is 0 Å². The van der Waals surface area contributed by atoms with Crippen molar-refractivity contribution >= 4 is 57.3 Å². The molecule has 1 amide bonds. The van der Waals surface area contributed by atoms with Crippen LogP contribution in [-0.2, 0) is 6.61 Å². The molecule has 0 bridgehead atoms. The number of hydrogen-bond acceptors (Lipinski definition) is 7. The molecule has 0 spiro atoms. The van der Waals surface area contributed by atoms with Gasteiger partial charge in [-0.1, -0.05) is 6.07 Å². The zero-order chi connectivity index (χ0) is 24.1. The van der Waals surface area contributed by atoms with Crippen molar-refractivity contribution < 1.29 is 28.5 Å². The quantitative estimate of drug-likeness (QED) is 0.205.